The lowest BCUT2D eigenvalue weighted by atomic mass is 9.97. The fraction of sp³-hybridized carbons (Fsp3) is 0.357. The molecule has 0 amide bonds. The molecule has 2 nitrogen and oxygen atoms in total. The molecule has 0 radical (unpaired) electrons. The van der Waals surface area contributed by atoms with Gasteiger partial charge in [0, 0.05) is 5.56 Å². The topological polar surface area (TPSA) is 26.3 Å². The standard InChI is InChI=1S/C14H16O2/c1-14(2,3)13(15)16-12-9-8-10-6-4-5-7-11(10)12/h4-7,9H,8H2,1-3H3. The molecule has 0 saturated carbocycles. The van der Waals surface area contributed by atoms with Gasteiger partial charge < -0.3 is 4.74 Å². The number of carbonyl (C=O) groups is 1. The van der Waals surface area contributed by atoms with Gasteiger partial charge in [-0.2, -0.15) is 0 Å². The summed E-state index contributed by atoms with van der Waals surface area (Å²) in [5.74, 6) is 0.519. The zero-order chi connectivity index (χ0) is 11.8. The van der Waals surface area contributed by atoms with Crippen LogP contribution in [0.4, 0.5) is 0 Å². The lowest BCUT2D eigenvalue weighted by molar-refractivity contribution is -0.145. The zero-order valence-corrected chi connectivity index (χ0v) is 9.91. The molecule has 0 saturated heterocycles. The van der Waals surface area contributed by atoms with Crippen LogP contribution in [0.5, 0.6) is 0 Å². The number of rotatable bonds is 1. The van der Waals surface area contributed by atoms with Crippen LogP contribution in [0, 0.1) is 5.41 Å². The second-order valence-electron chi connectivity index (χ2n) is 5.07. The highest BCUT2D eigenvalue weighted by Gasteiger charge is 2.26. The van der Waals surface area contributed by atoms with Gasteiger partial charge in [-0.1, -0.05) is 24.3 Å². The Morgan fingerprint density at radius 2 is 1.94 bits per heavy atom. The number of hydrogen-bond acceptors (Lipinski definition) is 2. The van der Waals surface area contributed by atoms with Crippen molar-refractivity contribution in [1.29, 1.82) is 0 Å². The third kappa shape index (κ3) is 2.01. The number of esters is 1. The summed E-state index contributed by atoms with van der Waals surface area (Å²) in [5.41, 5.74) is 1.80. The first-order valence-electron chi connectivity index (χ1n) is 5.49. The van der Waals surface area contributed by atoms with Crippen LogP contribution in [0.1, 0.15) is 31.9 Å². The van der Waals surface area contributed by atoms with Gasteiger partial charge in [0.1, 0.15) is 5.76 Å². The highest BCUT2D eigenvalue weighted by atomic mass is 16.5. The van der Waals surface area contributed by atoms with Crippen LogP contribution >= 0.6 is 0 Å². The average Bonchev–Trinajstić information content (AvgIpc) is 2.61. The molecular formula is C14H16O2. The first-order chi connectivity index (χ1) is 7.48. The molecule has 0 N–H and O–H groups in total. The van der Waals surface area contributed by atoms with Gasteiger partial charge in [0.25, 0.3) is 0 Å². The fourth-order valence-corrected chi connectivity index (χ4v) is 1.60. The van der Waals surface area contributed by atoms with Gasteiger partial charge in [0.2, 0.25) is 0 Å². The highest BCUT2D eigenvalue weighted by Crippen LogP contribution is 2.30. The molecule has 0 bridgehead atoms. The molecule has 0 aliphatic heterocycles. The minimum atomic E-state index is -0.460. The highest BCUT2D eigenvalue weighted by molar-refractivity contribution is 5.83. The molecule has 1 aromatic carbocycles. The van der Waals surface area contributed by atoms with E-state index in [1.807, 2.05) is 45.0 Å². The molecular weight excluding hydrogens is 200 g/mol. The normalized spacial score (nSPS) is 14.3. The van der Waals surface area contributed by atoms with E-state index in [9.17, 15) is 4.79 Å². The van der Waals surface area contributed by atoms with Crippen molar-refractivity contribution < 1.29 is 9.53 Å². The summed E-state index contributed by atoms with van der Waals surface area (Å²) in [7, 11) is 0. The van der Waals surface area contributed by atoms with Crippen LogP contribution in [0.15, 0.2) is 30.3 Å². The van der Waals surface area contributed by atoms with Crippen LogP contribution in [-0.2, 0) is 16.0 Å². The summed E-state index contributed by atoms with van der Waals surface area (Å²) in [6.07, 6.45) is 2.82. The molecule has 2 rings (SSSR count). The van der Waals surface area contributed by atoms with E-state index in [0.717, 1.165) is 12.0 Å². The number of benzene rings is 1. The van der Waals surface area contributed by atoms with Crippen LogP contribution in [0.2, 0.25) is 0 Å². The number of allylic oxidation sites excluding steroid dienone is 1. The van der Waals surface area contributed by atoms with Gasteiger partial charge in [-0.25, -0.2) is 0 Å². The Balaban J connectivity index is 2.18. The van der Waals surface area contributed by atoms with Crippen LogP contribution in [-0.4, -0.2) is 5.97 Å². The largest absolute Gasteiger partial charge is 0.426 e. The van der Waals surface area contributed by atoms with E-state index in [4.69, 9.17) is 4.74 Å². The van der Waals surface area contributed by atoms with Crippen molar-refractivity contribution in [3.8, 4) is 0 Å². The maximum Gasteiger partial charge on any atom is 0.316 e. The Morgan fingerprint density at radius 1 is 1.25 bits per heavy atom. The van der Waals surface area contributed by atoms with E-state index >= 15 is 0 Å². The van der Waals surface area contributed by atoms with Gasteiger partial charge >= 0.3 is 5.97 Å². The molecule has 1 aliphatic carbocycles. The third-order valence-corrected chi connectivity index (χ3v) is 2.61. The molecule has 0 atom stereocenters. The summed E-state index contributed by atoms with van der Waals surface area (Å²) in [6.45, 7) is 5.57. The molecule has 2 heteroatoms. The van der Waals surface area contributed by atoms with Gasteiger partial charge in [-0.15, -0.1) is 0 Å². The monoisotopic (exact) mass is 216 g/mol. The van der Waals surface area contributed by atoms with E-state index in [1.165, 1.54) is 5.56 Å². The van der Waals surface area contributed by atoms with Crippen LogP contribution in [0.25, 0.3) is 5.76 Å². The number of hydrogen-bond donors (Lipinski definition) is 0. The Hall–Kier alpha value is -1.57. The van der Waals surface area contributed by atoms with Crippen molar-refractivity contribution in [3.05, 3.63) is 41.5 Å². The zero-order valence-electron chi connectivity index (χ0n) is 9.91. The number of carbonyl (C=O) groups excluding carboxylic acids is 1. The van der Waals surface area contributed by atoms with Crippen molar-refractivity contribution in [3.63, 3.8) is 0 Å². The van der Waals surface area contributed by atoms with E-state index in [1.54, 1.807) is 0 Å². The lowest BCUT2D eigenvalue weighted by Crippen LogP contribution is -2.22. The maximum absolute atomic E-state index is 11.8. The molecule has 0 heterocycles. The second-order valence-corrected chi connectivity index (χ2v) is 5.07. The molecule has 0 unspecified atom stereocenters. The van der Waals surface area contributed by atoms with Crippen molar-refractivity contribution in [2.45, 2.75) is 27.2 Å². The summed E-state index contributed by atoms with van der Waals surface area (Å²) in [5, 5.41) is 0. The van der Waals surface area contributed by atoms with Gasteiger partial charge in [-0.3, -0.25) is 4.79 Å². The Bertz CT molecular complexity index is 450. The second kappa shape index (κ2) is 3.78. The van der Waals surface area contributed by atoms with Crippen LogP contribution in [0.3, 0.4) is 0 Å². The predicted molar refractivity (Wildman–Crippen MR) is 63.7 cm³/mol. The van der Waals surface area contributed by atoms with E-state index in [0.29, 0.717) is 5.76 Å². The van der Waals surface area contributed by atoms with E-state index in [-0.39, 0.29) is 5.97 Å². The predicted octanol–water partition coefficient (Wildman–Crippen LogP) is 3.17. The summed E-state index contributed by atoms with van der Waals surface area (Å²) in [6, 6.07) is 8.01. The molecule has 0 spiro atoms. The van der Waals surface area contributed by atoms with E-state index in [2.05, 4.69) is 6.07 Å². The molecule has 1 aliphatic rings. The van der Waals surface area contributed by atoms with Gasteiger partial charge in [0.05, 0.1) is 5.41 Å². The average molecular weight is 216 g/mol. The maximum atomic E-state index is 11.8. The Labute approximate surface area is 95.9 Å². The fourth-order valence-electron chi connectivity index (χ4n) is 1.60. The molecule has 0 fully saturated rings. The quantitative estimate of drug-likeness (QED) is 0.674. The lowest BCUT2D eigenvalue weighted by Gasteiger charge is -2.17. The molecule has 1 aromatic rings. The summed E-state index contributed by atoms with van der Waals surface area (Å²) >= 11 is 0. The molecule has 0 aromatic heterocycles. The van der Waals surface area contributed by atoms with E-state index < -0.39 is 5.41 Å². The number of ether oxygens (including phenoxy) is 1. The first kappa shape index (κ1) is 10.9. The summed E-state index contributed by atoms with van der Waals surface area (Å²) in [4.78, 5) is 11.8. The minimum absolute atomic E-state index is 0.185. The third-order valence-electron chi connectivity index (χ3n) is 2.61. The van der Waals surface area contributed by atoms with Gasteiger partial charge in [-0.05, 0) is 38.8 Å². The number of fused-ring (bicyclic) bond motifs is 1. The first-order valence-corrected chi connectivity index (χ1v) is 5.49. The summed E-state index contributed by atoms with van der Waals surface area (Å²) < 4.78 is 5.42. The minimum Gasteiger partial charge on any atom is -0.426 e. The SMILES string of the molecule is CC(C)(C)C(=O)OC1=CCc2ccccc21. The smallest absolute Gasteiger partial charge is 0.316 e. The van der Waals surface area contributed by atoms with Crippen LogP contribution < -0.4 is 0 Å². The van der Waals surface area contributed by atoms with Crippen molar-refractivity contribution >= 4 is 11.7 Å². The Kier molecular flexibility index (Phi) is 2.58. The Morgan fingerprint density at radius 3 is 2.62 bits per heavy atom. The van der Waals surface area contributed by atoms with Crippen molar-refractivity contribution in [2.75, 3.05) is 0 Å². The van der Waals surface area contributed by atoms with Crippen molar-refractivity contribution in [1.82, 2.24) is 0 Å². The molecule has 16 heavy (non-hydrogen) atoms. The van der Waals surface area contributed by atoms with Crippen molar-refractivity contribution in [2.24, 2.45) is 5.41 Å². The van der Waals surface area contributed by atoms with Gasteiger partial charge in [0.15, 0.2) is 0 Å². The molecule has 84 valence electrons.